The van der Waals surface area contributed by atoms with Gasteiger partial charge >= 0.3 is 0 Å². The predicted molar refractivity (Wildman–Crippen MR) is 48.7 cm³/mol. The molecule has 1 N–H and O–H groups in total. The van der Waals surface area contributed by atoms with Gasteiger partial charge in [0.05, 0.1) is 0 Å². The molecule has 70 valence electrons. The average Bonchev–Trinajstić information content (AvgIpc) is 2.07. The molecule has 5 heteroatoms. The number of nitrogens with zero attached hydrogens (tertiary/aromatic N) is 1. The quantitative estimate of drug-likeness (QED) is 0.556. The van der Waals surface area contributed by atoms with Gasteiger partial charge in [-0.2, -0.15) is 8.42 Å². The summed E-state index contributed by atoms with van der Waals surface area (Å²) in [7, 11) is -2.04. The zero-order valence-electron chi connectivity index (χ0n) is 7.21. The molecule has 0 unspecified atom stereocenters. The number of hydrogen-bond acceptors (Lipinski definition) is 3. The van der Waals surface area contributed by atoms with Gasteiger partial charge in [-0.05, 0) is 6.42 Å². The van der Waals surface area contributed by atoms with Gasteiger partial charge in [0, 0.05) is 26.2 Å². The first kappa shape index (κ1) is 9.70. The first-order valence-corrected chi connectivity index (χ1v) is 5.24. The Kier molecular flexibility index (Phi) is 3.71. The van der Waals surface area contributed by atoms with E-state index in [-0.39, 0.29) is 0 Å². The first-order valence-electron chi connectivity index (χ1n) is 4.16. The largest absolute Gasteiger partial charge is 0.314 e. The summed E-state index contributed by atoms with van der Waals surface area (Å²) in [5.74, 6) is 0. The molecule has 0 amide bonds. The van der Waals surface area contributed by atoms with E-state index in [9.17, 15) is 8.42 Å². The smallest absolute Gasteiger partial charge is 0.228 e. The molecule has 0 saturated carbocycles. The highest BCUT2D eigenvalue weighted by molar-refractivity contribution is 7.72. The average molecular weight is 190 g/mol. The second-order valence-electron chi connectivity index (χ2n) is 2.72. The van der Waals surface area contributed by atoms with E-state index in [0.717, 1.165) is 26.2 Å². The molecule has 1 saturated heterocycles. The van der Waals surface area contributed by atoms with E-state index in [1.54, 1.807) is 0 Å². The number of hydrogen-bond donors (Lipinski definition) is 1. The lowest BCUT2D eigenvalue weighted by molar-refractivity contribution is 0.357. The summed E-state index contributed by atoms with van der Waals surface area (Å²) >= 11 is 0. The van der Waals surface area contributed by atoms with Gasteiger partial charge in [0.1, 0.15) is 4.99 Å². The Morgan fingerprint density at radius 2 is 2.00 bits per heavy atom. The Morgan fingerprint density at radius 1 is 1.42 bits per heavy atom. The van der Waals surface area contributed by atoms with Crippen LogP contribution in [0.25, 0.3) is 0 Å². The standard InChI is InChI=1S/C7H14N2O2S/c1-2-7(12(10)11)9-5-3-8-4-6-9/h8H,2-6H2,1H3. The Labute approximate surface area is 74.1 Å². The normalized spacial score (nSPS) is 19.1. The molecule has 4 nitrogen and oxygen atoms in total. The summed E-state index contributed by atoms with van der Waals surface area (Å²) in [5, 5.41) is 3.18. The number of piperazine rings is 1. The predicted octanol–water partition coefficient (Wildman–Crippen LogP) is -0.689. The third-order valence-corrected chi connectivity index (χ3v) is 2.90. The molecule has 1 aliphatic heterocycles. The van der Waals surface area contributed by atoms with Crippen molar-refractivity contribution in [2.75, 3.05) is 26.2 Å². The van der Waals surface area contributed by atoms with Crippen molar-refractivity contribution in [1.82, 2.24) is 10.2 Å². The molecule has 12 heavy (non-hydrogen) atoms. The van der Waals surface area contributed by atoms with Gasteiger partial charge in [-0.3, -0.25) is 4.90 Å². The van der Waals surface area contributed by atoms with E-state index in [1.165, 1.54) is 0 Å². The van der Waals surface area contributed by atoms with Crippen LogP contribution < -0.4 is 5.32 Å². The molecular weight excluding hydrogens is 176 g/mol. The van der Waals surface area contributed by atoms with Gasteiger partial charge < -0.3 is 5.32 Å². The molecule has 1 aliphatic rings. The topological polar surface area (TPSA) is 49.4 Å². The second kappa shape index (κ2) is 4.59. The summed E-state index contributed by atoms with van der Waals surface area (Å²) < 4.78 is 21.5. The van der Waals surface area contributed by atoms with Crippen molar-refractivity contribution in [1.29, 1.82) is 0 Å². The first-order chi connectivity index (χ1) is 5.75. The van der Waals surface area contributed by atoms with Crippen LogP contribution in [0.2, 0.25) is 0 Å². The Morgan fingerprint density at radius 3 is 2.42 bits per heavy atom. The minimum atomic E-state index is -2.04. The third kappa shape index (κ3) is 2.30. The van der Waals surface area contributed by atoms with Gasteiger partial charge in [-0.1, -0.05) is 6.92 Å². The van der Waals surface area contributed by atoms with Crippen molar-refractivity contribution < 1.29 is 8.42 Å². The van der Waals surface area contributed by atoms with Gasteiger partial charge in [0.2, 0.25) is 10.3 Å². The van der Waals surface area contributed by atoms with Crippen LogP contribution in [0.1, 0.15) is 13.3 Å². The lowest BCUT2D eigenvalue weighted by Gasteiger charge is -2.26. The van der Waals surface area contributed by atoms with Crippen molar-refractivity contribution in [3.63, 3.8) is 0 Å². The van der Waals surface area contributed by atoms with Gasteiger partial charge in [-0.15, -0.1) is 0 Å². The lowest BCUT2D eigenvalue weighted by Crippen LogP contribution is -2.46. The van der Waals surface area contributed by atoms with Crippen LogP contribution in [0.15, 0.2) is 0 Å². The highest BCUT2D eigenvalue weighted by Crippen LogP contribution is 1.96. The fraction of sp³-hybridized carbons (Fsp3) is 0.857. The molecule has 0 aromatic rings. The fourth-order valence-electron chi connectivity index (χ4n) is 1.36. The van der Waals surface area contributed by atoms with Crippen LogP contribution in [0.4, 0.5) is 0 Å². The highest BCUT2D eigenvalue weighted by atomic mass is 32.2. The molecule has 1 fully saturated rings. The minimum Gasteiger partial charge on any atom is -0.314 e. The number of nitrogens with one attached hydrogen (secondary N) is 1. The summed E-state index contributed by atoms with van der Waals surface area (Å²) in [5.41, 5.74) is 0. The lowest BCUT2D eigenvalue weighted by atomic mass is 10.3. The molecule has 0 atom stereocenters. The summed E-state index contributed by atoms with van der Waals surface area (Å²) in [6, 6.07) is 0. The minimum absolute atomic E-state index is 0.538. The van der Waals surface area contributed by atoms with Crippen LogP contribution in [0.5, 0.6) is 0 Å². The van der Waals surface area contributed by atoms with Crippen LogP contribution in [-0.4, -0.2) is 44.5 Å². The van der Waals surface area contributed by atoms with E-state index in [1.807, 2.05) is 11.8 Å². The molecule has 0 aromatic heterocycles. The zero-order valence-corrected chi connectivity index (χ0v) is 8.02. The highest BCUT2D eigenvalue weighted by Gasteiger charge is 2.14. The fourth-order valence-corrected chi connectivity index (χ4v) is 1.99. The maximum absolute atomic E-state index is 10.7. The molecular formula is C7H14N2O2S. The molecule has 1 rings (SSSR count). The van der Waals surface area contributed by atoms with Crippen molar-refractivity contribution in [3.05, 3.63) is 0 Å². The Bertz CT molecular complexity index is 257. The van der Waals surface area contributed by atoms with Gasteiger partial charge in [0.25, 0.3) is 0 Å². The molecule has 0 aromatic carbocycles. The van der Waals surface area contributed by atoms with Crippen LogP contribution in [-0.2, 0) is 10.3 Å². The second-order valence-corrected chi connectivity index (χ2v) is 3.66. The molecule has 0 bridgehead atoms. The van der Waals surface area contributed by atoms with Crippen LogP contribution in [0, 0.1) is 0 Å². The van der Waals surface area contributed by atoms with Crippen molar-refractivity contribution in [2.24, 2.45) is 0 Å². The number of rotatable bonds is 1. The Hall–Kier alpha value is -0.390. The van der Waals surface area contributed by atoms with Crippen molar-refractivity contribution in [2.45, 2.75) is 13.3 Å². The molecule has 1 heterocycles. The van der Waals surface area contributed by atoms with E-state index < -0.39 is 10.3 Å². The maximum atomic E-state index is 10.7. The van der Waals surface area contributed by atoms with E-state index in [4.69, 9.17) is 0 Å². The summed E-state index contributed by atoms with van der Waals surface area (Å²) in [4.78, 5) is 2.47. The van der Waals surface area contributed by atoms with E-state index in [0.29, 0.717) is 11.4 Å². The molecule has 0 radical (unpaired) electrons. The van der Waals surface area contributed by atoms with Gasteiger partial charge in [-0.25, -0.2) is 0 Å². The molecule has 0 aliphatic carbocycles. The zero-order chi connectivity index (χ0) is 8.97. The van der Waals surface area contributed by atoms with Gasteiger partial charge in [0.15, 0.2) is 0 Å². The summed E-state index contributed by atoms with van der Waals surface area (Å²) in [6.45, 7) is 5.23. The monoisotopic (exact) mass is 190 g/mol. The van der Waals surface area contributed by atoms with Crippen LogP contribution in [0.3, 0.4) is 0 Å². The Balaban J connectivity index is 2.72. The van der Waals surface area contributed by atoms with E-state index in [2.05, 4.69) is 5.32 Å². The van der Waals surface area contributed by atoms with E-state index >= 15 is 0 Å². The molecule has 0 spiro atoms. The maximum Gasteiger partial charge on any atom is 0.228 e. The SMILES string of the molecule is CCC(N1CCNCC1)=S(=O)=O. The van der Waals surface area contributed by atoms with Crippen molar-refractivity contribution in [3.8, 4) is 0 Å². The van der Waals surface area contributed by atoms with Crippen LogP contribution >= 0.6 is 0 Å². The van der Waals surface area contributed by atoms with Crippen molar-refractivity contribution >= 4 is 15.3 Å². The third-order valence-electron chi connectivity index (χ3n) is 1.96. The summed E-state index contributed by atoms with van der Waals surface area (Å²) in [6.07, 6.45) is 0.593.